The topological polar surface area (TPSA) is 49.4 Å². The van der Waals surface area contributed by atoms with Gasteiger partial charge in [0, 0.05) is 48.2 Å². The molecule has 1 N–H and O–H groups in total. The average Bonchev–Trinajstić information content (AvgIpc) is 3.05. The van der Waals surface area contributed by atoms with E-state index in [1.807, 2.05) is 11.8 Å². The Hall–Kier alpha value is -0.180. The van der Waals surface area contributed by atoms with Crippen LogP contribution in [-0.4, -0.2) is 47.2 Å². The van der Waals surface area contributed by atoms with Gasteiger partial charge in [0.05, 0.1) is 3.79 Å². The molecule has 2 rings (SSSR count). The number of hydrogen-bond donors (Lipinski definition) is 1. The minimum absolute atomic E-state index is 0.0270. The summed E-state index contributed by atoms with van der Waals surface area (Å²) in [6, 6.07) is 4.17. The number of amides is 2. The lowest BCUT2D eigenvalue weighted by Gasteiger charge is -2.13. The second-order valence-electron chi connectivity index (χ2n) is 4.46. The minimum Gasteiger partial charge on any atom is -0.355 e. The summed E-state index contributed by atoms with van der Waals surface area (Å²) < 4.78 is 1.15. The maximum Gasteiger partial charge on any atom is 0.281 e. The van der Waals surface area contributed by atoms with Gasteiger partial charge in [-0.15, -0.1) is 11.3 Å². The maximum absolute atomic E-state index is 11.7. The summed E-state index contributed by atoms with van der Waals surface area (Å²) in [5.41, 5.74) is 0. The summed E-state index contributed by atoms with van der Waals surface area (Å²) in [6.45, 7) is 1.98. The molecule has 1 aliphatic heterocycles. The van der Waals surface area contributed by atoms with Crippen molar-refractivity contribution >= 4 is 61.9 Å². The molecule has 0 unspecified atom stereocenters. The fourth-order valence-electron chi connectivity index (χ4n) is 1.82. The van der Waals surface area contributed by atoms with Gasteiger partial charge in [-0.2, -0.15) is 11.8 Å². The molecule has 0 aliphatic carbocycles. The van der Waals surface area contributed by atoms with Crippen molar-refractivity contribution in [2.75, 3.05) is 31.1 Å². The van der Waals surface area contributed by atoms with Gasteiger partial charge in [0.15, 0.2) is 0 Å². The zero-order valence-electron chi connectivity index (χ0n) is 11.5. The Morgan fingerprint density at radius 1 is 1.48 bits per heavy atom. The molecular weight excluding hydrogens is 392 g/mol. The van der Waals surface area contributed by atoms with Crippen LogP contribution in [0.3, 0.4) is 0 Å². The van der Waals surface area contributed by atoms with Crippen LogP contribution < -0.4 is 5.32 Å². The quantitative estimate of drug-likeness (QED) is 0.669. The van der Waals surface area contributed by atoms with E-state index in [0.29, 0.717) is 19.5 Å². The Balaban J connectivity index is 1.50. The molecule has 1 aliphatic rings. The van der Waals surface area contributed by atoms with Crippen molar-refractivity contribution in [1.82, 2.24) is 10.2 Å². The second-order valence-corrected chi connectivity index (χ2v) is 9.16. The maximum atomic E-state index is 11.7. The summed E-state index contributed by atoms with van der Waals surface area (Å²) in [5.74, 6) is 2.75. The lowest BCUT2D eigenvalue weighted by atomic mass is 10.3. The number of nitrogens with zero attached hydrogens (tertiary/aromatic N) is 1. The third-order valence-electron chi connectivity index (χ3n) is 2.90. The molecule has 0 bridgehead atoms. The van der Waals surface area contributed by atoms with Gasteiger partial charge in [-0.1, -0.05) is 11.8 Å². The summed E-state index contributed by atoms with van der Waals surface area (Å²) in [6.07, 6.45) is 0.398. The Kier molecular flexibility index (Phi) is 7.42. The molecular formula is C13H17BrN2O2S3. The molecule has 116 valence electrons. The molecule has 1 saturated heterocycles. The summed E-state index contributed by atoms with van der Waals surface area (Å²) in [4.78, 5) is 26.1. The number of halogens is 1. The molecule has 2 amide bonds. The van der Waals surface area contributed by atoms with Crippen molar-refractivity contribution in [3.05, 3.63) is 20.8 Å². The molecule has 0 saturated carbocycles. The van der Waals surface area contributed by atoms with E-state index in [1.54, 1.807) is 16.2 Å². The average molecular weight is 409 g/mol. The number of rotatable bonds is 8. The van der Waals surface area contributed by atoms with Crippen molar-refractivity contribution in [3.8, 4) is 0 Å². The van der Waals surface area contributed by atoms with Crippen LogP contribution in [0.15, 0.2) is 15.9 Å². The number of carbonyl (C=O) groups excluding carboxylic acids is 2. The number of thioether (sulfide) groups is 2. The van der Waals surface area contributed by atoms with Gasteiger partial charge >= 0.3 is 0 Å². The molecule has 2 heterocycles. The van der Waals surface area contributed by atoms with Crippen LogP contribution in [-0.2, 0) is 10.5 Å². The highest BCUT2D eigenvalue weighted by Crippen LogP contribution is 2.25. The van der Waals surface area contributed by atoms with Crippen LogP contribution in [0.5, 0.6) is 0 Å². The van der Waals surface area contributed by atoms with E-state index in [1.165, 1.54) is 16.6 Å². The van der Waals surface area contributed by atoms with Crippen molar-refractivity contribution < 1.29 is 9.59 Å². The number of carbonyl (C=O) groups is 2. The van der Waals surface area contributed by atoms with Gasteiger partial charge in [0.2, 0.25) is 5.91 Å². The van der Waals surface area contributed by atoms with Crippen LogP contribution in [0.4, 0.5) is 4.79 Å². The van der Waals surface area contributed by atoms with Gasteiger partial charge in [-0.05, 0) is 28.1 Å². The van der Waals surface area contributed by atoms with E-state index < -0.39 is 0 Å². The normalized spacial score (nSPS) is 14.7. The van der Waals surface area contributed by atoms with Crippen LogP contribution in [0.1, 0.15) is 11.3 Å². The molecule has 21 heavy (non-hydrogen) atoms. The minimum atomic E-state index is 0.0270. The van der Waals surface area contributed by atoms with Gasteiger partial charge in [0.1, 0.15) is 0 Å². The number of nitrogens with one attached hydrogen (secondary N) is 1. The molecule has 1 aromatic rings. The molecule has 0 spiro atoms. The van der Waals surface area contributed by atoms with E-state index in [9.17, 15) is 9.59 Å². The Labute approximate surface area is 145 Å². The smallest absolute Gasteiger partial charge is 0.281 e. The van der Waals surface area contributed by atoms with Crippen LogP contribution in [0, 0.1) is 0 Å². The molecule has 1 fully saturated rings. The fourth-order valence-corrected chi connectivity index (χ4v) is 5.12. The zero-order valence-corrected chi connectivity index (χ0v) is 15.5. The highest BCUT2D eigenvalue weighted by molar-refractivity contribution is 9.11. The summed E-state index contributed by atoms with van der Waals surface area (Å²) in [5, 5.41) is 3.00. The van der Waals surface area contributed by atoms with Crippen molar-refractivity contribution in [2.45, 2.75) is 12.2 Å². The van der Waals surface area contributed by atoms with Gasteiger partial charge in [-0.25, -0.2) is 0 Å². The zero-order chi connectivity index (χ0) is 15.1. The third kappa shape index (κ3) is 6.22. The lowest BCUT2D eigenvalue weighted by Crippen LogP contribution is -2.31. The molecule has 0 radical (unpaired) electrons. The Morgan fingerprint density at radius 2 is 2.33 bits per heavy atom. The second kappa shape index (κ2) is 9.07. The number of thiophene rings is 1. The van der Waals surface area contributed by atoms with E-state index in [4.69, 9.17) is 0 Å². The molecule has 0 atom stereocenters. The number of hydrogen-bond acceptors (Lipinski definition) is 5. The molecule has 1 aromatic heterocycles. The standard InChI is InChI=1S/C13H17BrN2O2S3/c14-11-2-1-10(21-11)9-19-7-4-15-12(17)3-5-16-6-8-20-13(16)18/h1-2H,3-9H2,(H,15,17). The predicted octanol–water partition coefficient (Wildman–Crippen LogP) is 3.42. The molecule has 0 aromatic carbocycles. The largest absolute Gasteiger partial charge is 0.355 e. The van der Waals surface area contributed by atoms with Crippen LogP contribution >= 0.6 is 50.8 Å². The van der Waals surface area contributed by atoms with Gasteiger partial charge < -0.3 is 10.2 Å². The predicted molar refractivity (Wildman–Crippen MR) is 95.2 cm³/mol. The van der Waals surface area contributed by atoms with Crippen molar-refractivity contribution in [2.24, 2.45) is 0 Å². The Bertz CT molecular complexity index is 496. The van der Waals surface area contributed by atoms with E-state index in [0.717, 1.165) is 27.6 Å². The van der Waals surface area contributed by atoms with E-state index in [-0.39, 0.29) is 11.1 Å². The first-order valence-electron chi connectivity index (χ1n) is 6.65. The SMILES string of the molecule is O=C(CCN1CCSC1=O)NCCSCc1ccc(Br)s1. The van der Waals surface area contributed by atoms with Crippen molar-refractivity contribution in [1.29, 1.82) is 0 Å². The monoisotopic (exact) mass is 408 g/mol. The molecule has 4 nitrogen and oxygen atoms in total. The highest BCUT2D eigenvalue weighted by atomic mass is 79.9. The fraction of sp³-hybridized carbons (Fsp3) is 0.538. The highest BCUT2D eigenvalue weighted by Gasteiger charge is 2.21. The molecule has 8 heteroatoms. The van der Waals surface area contributed by atoms with Gasteiger partial charge in [0.25, 0.3) is 5.24 Å². The van der Waals surface area contributed by atoms with Gasteiger partial charge in [-0.3, -0.25) is 9.59 Å². The first-order chi connectivity index (χ1) is 10.1. The summed E-state index contributed by atoms with van der Waals surface area (Å²) >= 11 is 8.33. The van der Waals surface area contributed by atoms with E-state index in [2.05, 4.69) is 33.4 Å². The lowest BCUT2D eigenvalue weighted by molar-refractivity contribution is -0.121. The van der Waals surface area contributed by atoms with E-state index >= 15 is 0 Å². The van der Waals surface area contributed by atoms with Crippen molar-refractivity contribution in [3.63, 3.8) is 0 Å². The van der Waals surface area contributed by atoms with Crippen LogP contribution in [0.25, 0.3) is 0 Å². The Morgan fingerprint density at radius 3 is 3.00 bits per heavy atom. The summed E-state index contributed by atoms with van der Waals surface area (Å²) in [7, 11) is 0. The van der Waals surface area contributed by atoms with Crippen LogP contribution in [0.2, 0.25) is 0 Å². The third-order valence-corrected chi connectivity index (χ3v) is 6.60. The first kappa shape index (κ1) is 17.2. The first-order valence-corrected chi connectivity index (χ1v) is 10.4.